The van der Waals surface area contributed by atoms with Gasteiger partial charge in [-0.25, -0.2) is 4.98 Å². The first-order valence-corrected chi connectivity index (χ1v) is 11.7. The molecule has 5 rings (SSSR count). The minimum Gasteiger partial charge on any atom is -0.368 e. The van der Waals surface area contributed by atoms with Gasteiger partial charge in [0.15, 0.2) is 5.78 Å². The Kier molecular flexibility index (Phi) is 6.60. The number of benzene rings is 1. The Morgan fingerprint density at radius 3 is 2.43 bits per heavy atom. The molecule has 4 heterocycles. The number of piperazine rings is 1. The van der Waals surface area contributed by atoms with Crippen LogP contribution in [-0.4, -0.2) is 62.5 Å². The number of alkyl halides is 3. The van der Waals surface area contributed by atoms with Crippen molar-refractivity contribution < 1.29 is 22.8 Å². The molecule has 1 aliphatic heterocycles. The maximum absolute atomic E-state index is 12.9. The number of anilines is 1. The average Bonchev–Trinajstić information content (AvgIpc) is 3.30. The summed E-state index contributed by atoms with van der Waals surface area (Å²) in [5.41, 5.74) is 1.02. The molecule has 3 aromatic heterocycles. The lowest BCUT2D eigenvalue weighted by Gasteiger charge is -2.36. The Balaban J connectivity index is 1.21. The van der Waals surface area contributed by atoms with E-state index in [0.717, 1.165) is 30.2 Å². The smallest absolute Gasteiger partial charge is 0.368 e. The molecule has 1 saturated heterocycles. The van der Waals surface area contributed by atoms with Gasteiger partial charge in [-0.3, -0.25) is 19.3 Å². The van der Waals surface area contributed by atoms with Crippen molar-refractivity contribution in [3.63, 3.8) is 0 Å². The zero-order valence-corrected chi connectivity index (χ0v) is 19.7. The standard InChI is InChI=1S/C26H23F3N6O2/c27-26(28,29)24-3-1-2-22(31-24)23(36)15-18-4-5-21-19(14-18)16-35(32-21)17-25(37)34-12-10-33(11-13-34)20-6-8-30-9-7-20/h1-9,14,16H,10-13,15,17H2. The van der Waals surface area contributed by atoms with Crippen LogP contribution >= 0.6 is 0 Å². The summed E-state index contributed by atoms with van der Waals surface area (Å²) in [7, 11) is 0. The number of ketones is 1. The Morgan fingerprint density at radius 1 is 0.946 bits per heavy atom. The van der Waals surface area contributed by atoms with Crippen LogP contribution in [-0.2, 0) is 23.9 Å². The summed E-state index contributed by atoms with van der Waals surface area (Å²) in [6.07, 6.45) is 0.513. The fourth-order valence-electron chi connectivity index (χ4n) is 4.35. The van der Waals surface area contributed by atoms with Crippen LogP contribution < -0.4 is 4.90 Å². The lowest BCUT2D eigenvalue weighted by atomic mass is 10.0. The number of fused-ring (bicyclic) bond motifs is 1. The van der Waals surface area contributed by atoms with E-state index in [9.17, 15) is 22.8 Å². The van der Waals surface area contributed by atoms with Crippen LogP contribution in [0, 0.1) is 0 Å². The molecule has 0 radical (unpaired) electrons. The topological polar surface area (TPSA) is 84.2 Å². The molecule has 1 aromatic carbocycles. The SMILES string of the molecule is O=C(Cc1ccc2nn(CC(=O)N3CCN(c4ccncc4)CC3)cc2c1)c1cccc(C(F)(F)F)n1. The van der Waals surface area contributed by atoms with Crippen molar-refractivity contribution in [2.24, 2.45) is 0 Å². The van der Waals surface area contributed by atoms with Gasteiger partial charge in [0.25, 0.3) is 0 Å². The number of aromatic nitrogens is 4. The number of rotatable bonds is 6. The van der Waals surface area contributed by atoms with Gasteiger partial charge in [-0.1, -0.05) is 12.1 Å². The monoisotopic (exact) mass is 508 g/mol. The van der Waals surface area contributed by atoms with Crippen molar-refractivity contribution in [1.29, 1.82) is 0 Å². The van der Waals surface area contributed by atoms with Gasteiger partial charge in [0.05, 0.1) is 5.52 Å². The molecule has 1 amide bonds. The fourth-order valence-corrected chi connectivity index (χ4v) is 4.35. The van der Waals surface area contributed by atoms with Crippen molar-refractivity contribution in [3.05, 3.63) is 84.1 Å². The van der Waals surface area contributed by atoms with Crippen LogP contribution in [0.15, 0.2) is 67.1 Å². The normalized spacial score (nSPS) is 14.2. The molecule has 0 bridgehead atoms. The molecule has 0 N–H and O–H groups in total. The molecule has 8 nitrogen and oxygen atoms in total. The highest BCUT2D eigenvalue weighted by Gasteiger charge is 2.33. The summed E-state index contributed by atoms with van der Waals surface area (Å²) in [4.78, 5) is 37.0. The highest BCUT2D eigenvalue weighted by atomic mass is 19.4. The van der Waals surface area contributed by atoms with E-state index in [1.807, 2.05) is 17.0 Å². The van der Waals surface area contributed by atoms with Crippen LogP contribution in [0.5, 0.6) is 0 Å². The second-order valence-corrected chi connectivity index (χ2v) is 8.80. The second-order valence-electron chi connectivity index (χ2n) is 8.80. The predicted octanol–water partition coefficient (Wildman–Crippen LogP) is 3.62. The number of carbonyl (C=O) groups is 2. The first kappa shape index (κ1) is 24.4. The van der Waals surface area contributed by atoms with Crippen LogP contribution in [0.2, 0.25) is 0 Å². The average molecular weight is 509 g/mol. The molecular weight excluding hydrogens is 485 g/mol. The highest BCUT2D eigenvalue weighted by molar-refractivity contribution is 5.96. The molecule has 4 aromatic rings. The first-order valence-electron chi connectivity index (χ1n) is 11.7. The Labute approximate surface area is 210 Å². The molecule has 11 heteroatoms. The Bertz CT molecular complexity index is 1430. The molecule has 37 heavy (non-hydrogen) atoms. The number of Topliss-reactive ketones (excluding diaryl/α,β-unsaturated/α-hetero) is 1. The van der Waals surface area contributed by atoms with E-state index in [1.165, 1.54) is 12.1 Å². The third kappa shape index (κ3) is 5.60. The van der Waals surface area contributed by atoms with Crippen molar-refractivity contribution in [2.45, 2.75) is 19.1 Å². The van der Waals surface area contributed by atoms with E-state index in [1.54, 1.807) is 41.5 Å². The summed E-state index contributed by atoms with van der Waals surface area (Å²) < 4.78 is 40.3. The molecular formula is C26H23F3N6O2. The number of pyridine rings is 2. The third-order valence-corrected chi connectivity index (χ3v) is 6.26. The summed E-state index contributed by atoms with van der Waals surface area (Å²) in [5.74, 6) is -0.549. The lowest BCUT2D eigenvalue weighted by molar-refractivity contribution is -0.141. The quantitative estimate of drug-likeness (QED) is 0.370. The molecule has 0 saturated carbocycles. The molecule has 0 aliphatic carbocycles. The highest BCUT2D eigenvalue weighted by Crippen LogP contribution is 2.27. The van der Waals surface area contributed by atoms with Crippen LogP contribution in [0.25, 0.3) is 10.9 Å². The Hall–Kier alpha value is -4.28. The van der Waals surface area contributed by atoms with Gasteiger partial charge in [-0.2, -0.15) is 18.3 Å². The maximum atomic E-state index is 12.9. The summed E-state index contributed by atoms with van der Waals surface area (Å²) in [5, 5.41) is 5.19. The number of halogens is 3. The number of amides is 1. The lowest BCUT2D eigenvalue weighted by Crippen LogP contribution is -2.49. The second kappa shape index (κ2) is 10.00. The molecule has 190 valence electrons. The van der Waals surface area contributed by atoms with Gasteiger partial charge >= 0.3 is 6.18 Å². The fraction of sp³-hybridized carbons (Fsp3) is 0.269. The van der Waals surface area contributed by atoms with Crippen molar-refractivity contribution in [3.8, 4) is 0 Å². The van der Waals surface area contributed by atoms with Gasteiger partial charge in [-0.15, -0.1) is 0 Å². The van der Waals surface area contributed by atoms with E-state index >= 15 is 0 Å². The van der Waals surface area contributed by atoms with Gasteiger partial charge in [0, 0.05) is 62.3 Å². The largest absolute Gasteiger partial charge is 0.433 e. The number of carbonyl (C=O) groups excluding carboxylic acids is 2. The molecule has 1 aliphatic rings. The van der Waals surface area contributed by atoms with Gasteiger partial charge in [0.2, 0.25) is 5.91 Å². The summed E-state index contributed by atoms with van der Waals surface area (Å²) >= 11 is 0. The van der Waals surface area contributed by atoms with Crippen LogP contribution in [0.1, 0.15) is 21.7 Å². The zero-order valence-electron chi connectivity index (χ0n) is 19.7. The van der Waals surface area contributed by atoms with Gasteiger partial charge < -0.3 is 9.80 Å². The van der Waals surface area contributed by atoms with E-state index in [-0.39, 0.29) is 24.6 Å². The summed E-state index contributed by atoms with van der Waals surface area (Å²) in [6, 6.07) is 12.4. The van der Waals surface area contributed by atoms with Crippen LogP contribution in [0.3, 0.4) is 0 Å². The van der Waals surface area contributed by atoms with E-state index in [0.29, 0.717) is 24.2 Å². The number of hydrogen-bond donors (Lipinski definition) is 0. The maximum Gasteiger partial charge on any atom is 0.433 e. The number of nitrogens with zero attached hydrogens (tertiary/aromatic N) is 6. The molecule has 0 spiro atoms. The van der Waals surface area contributed by atoms with Crippen molar-refractivity contribution >= 4 is 28.3 Å². The number of hydrogen-bond acceptors (Lipinski definition) is 6. The van der Waals surface area contributed by atoms with E-state index in [4.69, 9.17) is 0 Å². The van der Waals surface area contributed by atoms with Gasteiger partial charge in [-0.05, 0) is 42.0 Å². The molecule has 1 fully saturated rings. The van der Waals surface area contributed by atoms with E-state index in [2.05, 4.69) is 20.0 Å². The van der Waals surface area contributed by atoms with Gasteiger partial charge in [0.1, 0.15) is 17.9 Å². The zero-order chi connectivity index (χ0) is 26.0. The minimum atomic E-state index is -4.62. The van der Waals surface area contributed by atoms with Crippen molar-refractivity contribution in [2.75, 3.05) is 31.1 Å². The predicted molar refractivity (Wildman–Crippen MR) is 130 cm³/mol. The first-order chi connectivity index (χ1) is 17.8. The van der Waals surface area contributed by atoms with Crippen LogP contribution in [0.4, 0.5) is 18.9 Å². The summed E-state index contributed by atoms with van der Waals surface area (Å²) in [6.45, 7) is 2.77. The van der Waals surface area contributed by atoms with E-state index < -0.39 is 17.7 Å². The van der Waals surface area contributed by atoms with Crippen molar-refractivity contribution in [1.82, 2.24) is 24.6 Å². The molecule has 0 unspecified atom stereocenters. The Morgan fingerprint density at radius 2 is 1.70 bits per heavy atom. The molecule has 0 atom stereocenters. The minimum absolute atomic E-state index is 0.0341. The third-order valence-electron chi connectivity index (χ3n) is 6.26.